The van der Waals surface area contributed by atoms with Gasteiger partial charge in [0.15, 0.2) is 0 Å². The van der Waals surface area contributed by atoms with Crippen LogP contribution in [-0.2, 0) is 4.79 Å². The van der Waals surface area contributed by atoms with Gasteiger partial charge in [0.1, 0.15) is 0 Å². The first-order valence-electron chi connectivity index (χ1n) is 10.8. The van der Waals surface area contributed by atoms with Crippen LogP contribution in [0.2, 0.25) is 0 Å². The minimum atomic E-state index is 0.154. The summed E-state index contributed by atoms with van der Waals surface area (Å²) < 4.78 is 0. The number of fused-ring (bicyclic) bond motifs is 1. The lowest BCUT2D eigenvalue weighted by atomic mass is 9.72. The summed E-state index contributed by atoms with van der Waals surface area (Å²) in [6.07, 6.45) is 10.8. The molecule has 6 nitrogen and oxygen atoms in total. The van der Waals surface area contributed by atoms with Crippen molar-refractivity contribution in [1.29, 1.82) is 0 Å². The third-order valence-corrected chi connectivity index (χ3v) is 7.41. The molecular formula is C20H37N5O. The molecule has 6 heteroatoms. The van der Waals surface area contributed by atoms with Crippen molar-refractivity contribution in [2.75, 3.05) is 33.7 Å². The minimum absolute atomic E-state index is 0.154. The predicted molar refractivity (Wildman–Crippen MR) is 103 cm³/mol. The zero-order valence-electron chi connectivity index (χ0n) is 16.5. The van der Waals surface area contributed by atoms with Crippen molar-refractivity contribution in [2.45, 2.75) is 69.6 Å². The molecule has 5 atom stereocenters. The lowest BCUT2D eigenvalue weighted by Gasteiger charge is -2.46. The van der Waals surface area contributed by atoms with E-state index in [1.165, 1.54) is 51.5 Å². The molecule has 1 amide bonds. The highest BCUT2D eigenvalue weighted by Crippen LogP contribution is 2.41. The molecule has 1 saturated carbocycles. The topological polar surface area (TPSA) is 59.6 Å². The van der Waals surface area contributed by atoms with Gasteiger partial charge < -0.3 is 5.32 Å². The maximum Gasteiger partial charge on any atom is 0.221 e. The molecule has 3 aliphatic heterocycles. The van der Waals surface area contributed by atoms with Gasteiger partial charge in [-0.2, -0.15) is 0 Å². The van der Waals surface area contributed by atoms with Crippen molar-refractivity contribution < 1.29 is 4.79 Å². The van der Waals surface area contributed by atoms with Crippen molar-refractivity contribution >= 4 is 5.91 Å². The Balaban J connectivity index is 1.47. The molecule has 4 fully saturated rings. The molecule has 0 radical (unpaired) electrons. The van der Waals surface area contributed by atoms with Gasteiger partial charge in [0.05, 0.1) is 6.17 Å². The van der Waals surface area contributed by atoms with E-state index < -0.39 is 0 Å². The van der Waals surface area contributed by atoms with Crippen LogP contribution >= 0.6 is 0 Å². The number of hydrogen-bond acceptors (Lipinski definition) is 5. The van der Waals surface area contributed by atoms with Gasteiger partial charge in [0.2, 0.25) is 5.91 Å². The molecular weight excluding hydrogens is 326 g/mol. The Morgan fingerprint density at radius 2 is 1.92 bits per heavy atom. The molecule has 0 aromatic heterocycles. The van der Waals surface area contributed by atoms with Crippen LogP contribution in [0.4, 0.5) is 0 Å². The average Bonchev–Trinajstić information content (AvgIpc) is 3.27. The first-order chi connectivity index (χ1) is 12.6. The number of piperidine rings is 1. The molecule has 0 aromatic rings. The first kappa shape index (κ1) is 18.7. The molecule has 3 heterocycles. The summed E-state index contributed by atoms with van der Waals surface area (Å²) in [6, 6.07) is 0.872. The summed E-state index contributed by atoms with van der Waals surface area (Å²) in [7, 11) is 3.90. The van der Waals surface area contributed by atoms with E-state index in [2.05, 4.69) is 33.0 Å². The average molecular weight is 364 g/mol. The second-order valence-electron chi connectivity index (χ2n) is 9.14. The first-order valence-corrected chi connectivity index (χ1v) is 10.8. The summed E-state index contributed by atoms with van der Waals surface area (Å²) in [4.78, 5) is 14.6. The zero-order chi connectivity index (χ0) is 18.1. The molecule has 4 aliphatic rings. The van der Waals surface area contributed by atoms with Crippen LogP contribution in [0.15, 0.2) is 0 Å². The highest BCUT2D eigenvalue weighted by atomic mass is 16.1. The molecule has 0 bridgehead atoms. The van der Waals surface area contributed by atoms with Crippen molar-refractivity contribution in [2.24, 2.45) is 17.8 Å². The van der Waals surface area contributed by atoms with E-state index in [4.69, 9.17) is 0 Å². The number of amides is 1. The molecule has 148 valence electrons. The molecule has 4 rings (SSSR count). The van der Waals surface area contributed by atoms with Crippen LogP contribution in [-0.4, -0.2) is 67.8 Å². The van der Waals surface area contributed by atoms with E-state index in [0.29, 0.717) is 30.6 Å². The Labute approximate surface area is 158 Å². The van der Waals surface area contributed by atoms with Crippen molar-refractivity contribution in [3.8, 4) is 0 Å². The number of rotatable bonds is 4. The predicted octanol–water partition coefficient (Wildman–Crippen LogP) is 1.15. The van der Waals surface area contributed by atoms with E-state index in [-0.39, 0.29) is 5.91 Å². The second kappa shape index (κ2) is 8.13. The summed E-state index contributed by atoms with van der Waals surface area (Å²) in [5.41, 5.74) is 3.71. The maximum atomic E-state index is 11.9. The summed E-state index contributed by atoms with van der Waals surface area (Å²) >= 11 is 0. The maximum absolute atomic E-state index is 11.9. The fraction of sp³-hybridized carbons (Fsp3) is 0.950. The molecule has 0 aromatic carbocycles. The number of hydrazine groups is 1. The lowest BCUT2D eigenvalue weighted by molar-refractivity contribution is -0.121. The van der Waals surface area contributed by atoms with Crippen LogP contribution in [0.1, 0.15) is 51.4 Å². The third-order valence-electron chi connectivity index (χ3n) is 7.41. The Hall–Kier alpha value is -0.690. The second-order valence-corrected chi connectivity index (χ2v) is 9.14. The van der Waals surface area contributed by atoms with Crippen molar-refractivity contribution in [3.63, 3.8) is 0 Å². The largest absolute Gasteiger partial charge is 0.359 e. The van der Waals surface area contributed by atoms with E-state index >= 15 is 0 Å². The quantitative estimate of drug-likeness (QED) is 0.699. The van der Waals surface area contributed by atoms with Gasteiger partial charge in [0.25, 0.3) is 0 Å². The van der Waals surface area contributed by atoms with Gasteiger partial charge in [0, 0.05) is 58.2 Å². The fourth-order valence-electron chi connectivity index (χ4n) is 6.07. The van der Waals surface area contributed by atoms with Gasteiger partial charge in [-0.15, -0.1) is 0 Å². The van der Waals surface area contributed by atoms with Crippen LogP contribution < -0.4 is 16.1 Å². The van der Waals surface area contributed by atoms with Crippen LogP contribution in [0.25, 0.3) is 0 Å². The molecule has 3 saturated heterocycles. The van der Waals surface area contributed by atoms with Crippen LogP contribution in [0, 0.1) is 17.8 Å². The van der Waals surface area contributed by atoms with Gasteiger partial charge in [-0.3, -0.25) is 20.4 Å². The highest BCUT2D eigenvalue weighted by molar-refractivity contribution is 5.76. The fourth-order valence-corrected chi connectivity index (χ4v) is 6.07. The van der Waals surface area contributed by atoms with Gasteiger partial charge >= 0.3 is 0 Å². The zero-order valence-corrected chi connectivity index (χ0v) is 16.5. The Morgan fingerprint density at radius 3 is 2.62 bits per heavy atom. The van der Waals surface area contributed by atoms with Crippen LogP contribution in [0.3, 0.4) is 0 Å². The monoisotopic (exact) mass is 363 g/mol. The molecule has 3 N–H and O–H groups in total. The van der Waals surface area contributed by atoms with Gasteiger partial charge in [-0.1, -0.05) is 32.1 Å². The number of nitrogens with one attached hydrogen (secondary N) is 3. The lowest BCUT2D eigenvalue weighted by Crippen LogP contribution is -2.56. The number of carbonyl (C=O) groups excluding carboxylic acids is 1. The van der Waals surface area contributed by atoms with Gasteiger partial charge in [-0.05, 0) is 24.7 Å². The molecule has 0 spiro atoms. The SMILES string of the molecule is CNC(=O)CC1CN2CC(C3CCCCC3)CC(C3CCN(C)N3)C2N1. The number of carbonyl (C=O) groups is 1. The number of nitrogens with zero attached hydrogens (tertiary/aromatic N) is 2. The smallest absolute Gasteiger partial charge is 0.221 e. The van der Waals surface area contributed by atoms with E-state index in [9.17, 15) is 4.79 Å². The molecule has 26 heavy (non-hydrogen) atoms. The highest BCUT2D eigenvalue weighted by Gasteiger charge is 2.47. The standard InChI is InChI=1S/C20H37N5O/c1-21-19(26)11-16-13-25-12-15(14-6-4-3-5-7-14)10-17(20(25)22-16)18-8-9-24(2)23-18/h14-18,20,22-23H,3-13H2,1-2H3,(H,21,26). The Bertz CT molecular complexity index is 495. The third kappa shape index (κ3) is 3.93. The molecule has 5 unspecified atom stereocenters. The summed E-state index contributed by atoms with van der Waals surface area (Å²) in [5.74, 6) is 2.56. The summed E-state index contributed by atoms with van der Waals surface area (Å²) in [5, 5.41) is 8.88. The van der Waals surface area contributed by atoms with Gasteiger partial charge in [-0.25, -0.2) is 5.01 Å². The summed E-state index contributed by atoms with van der Waals surface area (Å²) in [6.45, 7) is 3.40. The molecule has 1 aliphatic carbocycles. The Morgan fingerprint density at radius 1 is 1.12 bits per heavy atom. The minimum Gasteiger partial charge on any atom is -0.359 e. The Kier molecular flexibility index (Phi) is 5.84. The van der Waals surface area contributed by atoms with Crippen molar-refractivity contribution in [1.82, 2.24) is 26.0 Å². The van der Waals surface area contributed by atoms with E-state index in [1.807, 2.05) is 0 Å². The van der Waals surface area contributed by atoms with Crippen LogP contribution in [0.5, 0.6) is 0 Å². The van der Waals surface area contributed by atoms with E-state index in [0.717, 1.165) is 24.9 Å². The van der Waals surface area contributed by atoms with Crippen molar-refractivity contribution in [3.05, 3.63) is 0 Å². The normalized spacial score (nSPS) is 39.8. The number of hydrogen-bond donors (Lipinski definition) is 3. The van der Waals surface area contributed by atoms with E-state index in [1.54, 1.807) is 7.05 Å².